The largest absolute Gasteiger partial charge is 0.361 e. The first-order valence-electron chi connectivity index (χ1n) is 28.6. The summed E-state index contributed by atoms with van der Waals surface area (Å²) in [4.78, 5) is 3.62. The second kappa shape index (κ2) is 21.3. The molecule has 388 valence electrons. The molecule has 0 fully saturated rings. The molecule has 1 nitrogen and oxygen atoms in total. The highest BCUT2D eigenvalue weighted by molar-refractivity contribution is 6.14. The summed E-state index contributed by atoms with van der Waals surface area (Å²) >= 11 is 0. The van der Waals surface area contributed by atoms with Crippen LogP contribution < -0.4 is 0 Å². The van der Waals surface area contributed by atoms with Gasteiger partial charge in [-0.05, 0) is 176 Å². The number of hydrogen-bond donors (Lipinski definition) is 1. The van der Waals surface area contributed by atoms with E-state index in [9.17, 15) is 0 Å². The molecular weight excluding hydrogens is 999 g/mol. The number of aromatic amines is 1. The van der Waals surface area contributed by atoms with E-state index in [2.05, 4.69) is 333 Å². The van der Waals surface area contributed by atoms with Gasteiger partial charge in [0.25, 0.3) is 0 Å². The Labute approximate surface area is 485 Å². The van der Waals surface area contributed by atoms with Gasteiger partial charge in [0.1, 0.15) is 0 Å². The number of rotatable bonds is 11. The first-order valence-corrected chi connectivity index (χ1v) is 28.6. The topological polar surface area (TPSA) is 15.8 Å². The predicted molar refractivity (Wildman–Crippen MR) is 352 cm³/mol. The third-order valence-electron chi connectivity index (χ3n) is 16.7. The van der Waals surface area contributed by atoms with Crippen molar-refractivity contribution in [2.24, 2.45) is 0 Å². The van der Waals surface area contributed by atoms with Gasteiger partial charge in [-0.2, -0.15) is 0 Å². The van der Waals surface area contributed by atoms with Crippen molar-refractivity contribution in [2.45, 2.75) is 0 Å². The lowest BCUT2D eigenvalue weighted by Gasteiger charge is -2.24. The summed E-state index contributed by atoms with van der Waals surface area (Å²) in [5, 5.41) is 1.19. The number of H-pyrrole nitrogens is 1. The van der Waals surface area contributed by atoms with E-state index in [1.165, 1.54) is 133 Å². The van der Waals surface area contributed by atoms with E-state index in [-0.39, 0.29) is 0 Å². The van der Waals surface area contributed by atoms with Gasteiger partial charge < -0.3 is 4.98 Å². The van der Waals surface area contributed by atoms with Gasteiger partial charge in [0.2, 0.25) is 0 Å². The Hall–Kier alpha value is -10.9. The second-order valence-corrected chi connectivity index (χ2v) is 21.5. The van der Waals surface area contributed by atoms with Crippen molar-refractivity contribution >= 4 is 22.6 Å². The molecule has 1 aliphatic rings. The molecule has 1 aliphatic carbocycles. The molecule has 0 unspecified atom stereocenters. The Morgan fingerprint density at radius 3 is 0.843 bits per heavy atom. The van der Waals surface area contributed by atoms with Crippen molar-refractivity contribution in [1.82, 2.24) is 4.98 Å². The molecule has 0 spiro atoms. The molecule has 0 saturated heterocycles. The summed E-state index contributed by atoms with van der Waals surface area (Å²) in [6, 6.07) is 116. The fourth-order valence-corrected chi connectivity index (χ4v) is 12.9. The molecule has 0 saturated carbocycles. The SMILES string of the molecule is C(=C1c2cc(-c3cc(-c4ccccc4)c(-c4ccccc4)c(-c4ccccc4)c3-c3ccccc3)ccc2-c2ccc(-c3cc(-c4ccccc4)c(-c4ccccc4)c(-c4ccccc4)c3-c3ccccc3)cc21)c1c[nH]c2ccccc12. The van der Waals surface area contributed by atoms with Crippen LogP contribution in [0.2, 0.25) is 0 Å². The van der Waals surface area contributed by atoms with E-state index in [0.29, 0.717) is 0 Å². The first-order chi connectivity index (χ1) is 41.2. The van der Waals surface area contributed by atoms with Crippen LogP contribution >= 0.6 is 0 Å². The zero-order valence-electron chi connectivity index (χ0n) is 45.7. The van der Waals surface area contributed by atoms with Gasteiger partial charge in [0, 0.05) is 22.7 Å². The molecule has 15 rings (SSSR count). The third kappa shape index (κ3) is 8.93. The Balaban J connectivity index is 1.01. The highest BCUT2D eigenvalue weighted by Crippen LogP contribution is 2.55. The molecular formula is C82H55N. The molecule has 1 heterocycles. The van der Waals surface area contributed by atoms with Crippen LogP contribution in [-0.4, -0.2) is 4.98 Å². The normalized spacial score (nSPS) is 11.6. The number of hydrogen-bond acceptors (Lipinski definition) is 0. The van der Waals surface area contributed by atoms with Gasteiger partial charge in [-0.3, -0.25) is 0 Å². The fourth-order valence-electron chi connectivity index (χ4n) is 12.9. The standard InChI is InChI=1S/C82H55N/c1-9-27-55(28-10-1)69-52-71(79(59-35-17-5-18-36-59)81(61-39-21-7-22-40-61)77(69)57-31-13-3-14-32-57)63-45-47-67-68-48-46-64(50-74(68)75(73(67)49-63)51-65-54-83-76-44-26-25-43-66(65)76)72-53-70(56-29-11-2-12-30-56)78(58-33-15-4-16-34-58)82(62-41-23-8-24-42-62)80(72)60-37-19-6-20-38-60/h1-54,83H. The lowest BCUT2D eigenvalue weighted by molar-refractivity contribution is 1.47. The summed E-state index contributed by atoms with van der Waals surface area (Å²) in [6.45, 7) is 0. The highest BCUT2D eigenvalue weighted by Gasteiger charge is 2.30. The van der Waals surface area contributed by atoms with Gasteiger partial charge >= 0.3 is 0 Å². The Bertz CT molecular complexity index is 4430. The summed E-state index contributed by atoms with van der Waals surface area (Å²) in [7, 11) is 0. The van der Waals surface area contributed by atoms with Gasteiger partial charge in [0.05, 0.1) is 0 Å². The molecule has 0 amide bonds. The molecule has 0 atom stereocenters. The number of fused-ring (bicyclic) bond motifs is 4. The Kier molecular flexibility index (Phi) is 12.6. The lowest BCUT2D eigenvalue weighted by Crippen LogP contribution is -1.98. The molecule has 0 bridgehead atoms. The maximum Gasteiger partial charge on any atom is 0.0460 e. The number of nitrogens with one attached hydrogen (secondary N) is 1. The smallest absolute Gasteiger partial charge is 0.0460 e. The Morgan fingerprint density at radius 1 is 0.205 bits per heavy atom. The van der Waals surface area contributed by atoms with Crippen molar-refractivity contribution in [3.63, 3.8) is 0 Å². The predicted octanol–water partition coefficient (Wildman–Crippen LogP) is 22.4. The monoisotopic (exact) mass is 1050 g/mol. The summed E-state index contributed by atoms with van der Waals surface area (Å²) in [5.74, 6) is 0. The van der Waals surface area contributed by atoms with Crippen molar-refractivity contribution in [1.29, 1.82) is 0 Å². The molecule has 1 aromatic heterocycles. The Morgan fingerprint density at radius 2 is 0.494 bits per heavy atom. The molecule has 1 N–H and O–H groups in total. The zero-order valence-corrected chi connectivity index (χ0v) is 45.7. The van der Waals surface area contributed by atoms with Crippen molar-refractivity contribution in [3.05, 3.63) is 338 Å². The van der Waals surface area contributed by atoms with Crippen LogP contribution in [0.4, 0.5) is 0 Å². The van der Waals surface area contributed by atoms with E-state index >= 15 is 0 Å². The molecule has 83 heavy (non-hydrogen) atoms. The number of aromatic nitrogens is 1. The van der Waals surface area contributed by atoms with E-state index in [1.54, 1.807) is 0 Å². The van der Waals surface area contributed by atoms with E-state index < -0.39 is 0 Å². The zero-order chi connectivity index (χ0) is 55.1. The van der Waals surface area contributed by atoms with Crippen molar-refractivity contribution in [3.8, 4) is 122 Å². The minimum Gasteiger partial charge on any atom is -0.361 e. The first kappa shape index (κ1) is 49.2. The maximum atomic E-state index is 3.62. The minimum absolute atomic E-state index is 1.11. The van der Waals surface area contributed by atoms with E-state index in [0.717, 1.165) is 22.2 Å². The van der Waals surface area contributed by atoms with Gasteiger partial charge in [-0.1, -0.05) is 285 Å². The van der Waals surface area contributed by atoms with Crippen LogP contribution in [0.25, 0.3) is 145 Å². The fraction of sp³-hybridized carbons (Fsp3) is 0. The summed E-state index contributed by atoms with van der Waals surface area (Å²) in [5.41, 5.74) is 31.9. The van der Waals surface area contributed by atoms with Crippen LogP contribution in [0.3, 0.4) is 0 Å². The van der Waals surface area contributed by atoms with Crippen LogP contribution in [0.1, 0.15) is 16.7 Å². The average molecular weight is 1050 g/mol. The lowest BCUT2D eigenvalue weighted by atomic mass is 9.78. The van der Waals surface area contributed by atoms with Crippen LogP contribution in [0.15, 0.2) is 322 Å². The van der Waals surface area contributed by atoms with Gasteiger partial charge in [-0.15, -0.1) is 0 Å². The molecule has 0 aliphatic heterocycles. The average Bonchev–Trinajstić information content (AvgIpc) is 4.05. The highest BCUT2D eigenvalue weighted by atomic mass is 14.7. The van der Waals surface area contributed by atoms with Crippen molar-refractivity contribution in [2.75, 3.05) is 0 Å². The van der Waals surface area contributed by atoms with Gasteiger partial charge in [-0.25, -0.2) is 0 Å². The number of benzene rings is 13. The third-order valence-corrected chi connectivity index (χ3v) is 16.7. The van der Waals surface area contributed by atoms with E-state index in [1.807, 2.05) is 0 Å². The van der Waals surface area contributed by atoms with E-state index in [4.69, 9.17) is 0 Å². The maximum absolute atomic E-state index is 3.62. The molecule has 0 radical (unpaired) electrons. The molecule has 13 aromatic carbocycles. The summed E-state index contributed by atoms with van der Waals surface area (Å²) < 4.78 is 0. The summed E-state index contributed by atoms with van der Waals surface area (Å²) in [6.07, 6.45) is 4.60. The minimum atomic E-state index is 1.11. The van der Waals surface area contributed by atoms with Crippen LogP contribution in [-0.2, 0) is 0 Å². The second-order valence-electron chi connectivity index (χ2n) is 21.5. The molecule has 1 heteroatoms. The van der Waals surface area contributed by atoms with Crippen LogP contribution in [0, 0.1) is 0 Å². The number of para-hydroxylation sites is 1. The quantitative estimate of drug-likeness (QED) is 0.133. The van der Waals surface area contributed by atoms with Crippen LogP contribution in [0.5, 0.6) is 0 Å². The van der Waals surface area contributed by atoms with Gasteiger partial charge in [0.15, 0.2) is 0 Å². The molecule has 14 aromatic rings. The van der Waals surface area contributed by atoms with Crippen molar-refractivity contribution < 1.29 is 0 Å².